The first-order valence-corrected chi connectivity index (χ1v) is 10.5. The Bertz CT molecular complexity index is 793. The summed E-state index contributed by atoms with van der Waals surface area (Å²) in [5.41, 5.74) is 2.02. The van der Waals surface area contributed by atoms with Crippen LogP contribution >= 0.6 is 23.2 Å². The van der Waals surface area contributed by atoms with Crippen LogP contribution < -0.4 is 4.74 Å². The lowest BCUT2D eigenvalue weighted by atomic mass is 10.1. The van der Waals surface area contributed by atoms with E-state index >= 15 is 0 Å². The molecule has 1 atom stereocenters. The van der Waals surface area contributed by atoms with Gasteiger partial charge in [0, 0.05) is 29.7 Å². The van der Waals surface area contributed by atoms with E-state index in [4.69, 9.17) is 37.8 Å². The van der Waals surface area contributed by atoms with E-state index in [0.717, 1.165) is 36.3 Å². The number of benzene rings is 2. The monoisotopic (exact) mass is 437 g/mol. The molecule has 1 unspecified atom stereocenters. The minimum atomic E-state index is -0.772. The average Bonchev–Trinajstić information content (AvgIpc) is 2.72. The van der Waals surface area contributed by atoms with Gasteiger partial charge in [-0.1, -0.05) is 41.4 Å². The van der Waals surface area contributed by atoms with Crippen LogP contribution in [0.4, 0.5) is 0 Å². The van der Waals surface area contributed by atoms with E-state index in [1.165, 1.54) is 0 Å². The average molecular weight is 438 g/mol. The number of hydrogen-bond acceptors (Lipinski definition) is 4. The largest absolute Gasteiger partial charge is 0.494 e. The molecule has 3 rings (SSSR count). The van der Waals surface area contributed by atoms with Crippen LogP contribution in [0.15, 0.2) is 42.5 Å². The molecule has 0 aromatic heterocycles. The van der Waals surface area contributed by atoms with Crippen molar-refractivity contribution in [2.45, 2.75) is 25.4 Å². The lowest BCUT2D eigenvalue weighted by molar-refractivity contribution is -0.137. The molecule has 1 N–H and O–H groups in total. The molecule has 156 valence electrons. The van der Waals surface area contributed by atoms with Gasteiger partial charge in [0.05, 0.1) is 25.7 Å². The highest BCUT2D eigenvalue weighted by atomic mass is 35.5. The Kier molecular flexibility index (Phi) is 8.19. The summed E-state index contributed by atoms with van der Waals surface area (Å²) in [7, 11) is 0. The zero-order chi connectivity index (χ0) is 20.6. The Morgan fingerprint density at radius 1 is 1.17 bits per heavy atom. The topological polar surface area (TPSA) is 59.0 Å². The van der Waals surface area contributed by atoms with Gasteiger partial charge in [-0.15, -0.1) is 0 Å². The van der Waals surface area contributed by atoms with Crippen molar-refractivity contribution >= 4 is 29.2 Å². The van der Waals surface area contributed by atoms with Crippen LogP contribution in [-0.4, -0.2) is 48.8 Å². The zero-order valence-corrected chi connectivity index (χ0v) is 17.7. The highest BCUT2D eigenvalue weighted by Gasteiger charge is 2.22. The second kappa shape index (κ2) is 10.8. The first-order valence-electron chi connectivity index (χ1n) is 9.74. The minimum Gasteiger partial charge on any atom is -0.494 e. The van der Waals surface area contributed by atoms with Crippen molar-refractivity contribution < 1.29 is 19.4 Å². The van der Waals surface area contributed by atoms with Crippen molar-refractivity contribution in [3.63, 3.8) is 0 Å². The van der Waals surface area contributed by atoms with Gasteiger partial charge in [0.15, 0.2) is 0 Å². The number of rotatable bonds is 9. The van der Waals surface area contributed by atoms with Gasteiger partial charge in [-0.3, -0.25) is 9.69 Å². The van der Waals surface area contributed by atoms with Crippen LogP contribution in [0.3, 0.4) is 0 Å². The summed E-state index contributed by atoms with van der Waals surface area (Å²) in [6.07, 6.45) is 1.68. The summed E-state index contributed by atoms with van der Waals surface area (Å²) in [6.45, 7) is 3.19. The molecule has 0 bridgehead atoms. The maximum Gasteiger partial charge on any atom is 0.304 e. The second-order valence-corrected chi connectivity index (χ2v) is 7.84. The summed E-state index contributed by atoms with van der Waals surface area (Å²) in [5.74, 6) is 0.0314. The number of morpholine rings is 1. The van der Waals surface area contributed by atoms with E-state index in [9.17, 15) is 4.79 Å². The molecule has 1 heterocycles. The number of carboxylic acid groups (broad SMARTS) is 1. The molecule has 0 spiro atoms. The van der Waals surface area contributed by atoms with Crippen molar-refractivity contribution in [1.82, 2.24) is 4.90 Å². The van der Waals surface area contributed by atoms with E-state index in [2.05, 4.69) is 4.90 Å². The molecular formula is C22H25Cl2NO4. The number of carboxylic acids is 1. The number of nitrogens with zero attached hydrogens (tertiary/aromatic N) is 1. The predicted molar refractivity (Wildman–Crippen MR) is 114 cm³/mol. The Morgan fingerprint density at radius 2 is 1.90 bits per heavy atom. The van der Waals surface area contributed by atoms with Crippen molar-refractivity contribution in [3.8, 4) is 5.75 Å². The van der Waals surface area contributed by atoms with Crippen LogP contribution in [0.25, 0.3) is 0 Å². The lowest BCUT2D eigenvalue weighted by Gasteiger charge is -2.32. The first kappa shape index (κ1) is 21.9. The molecule has 1 fully saturated rings. The van der Waals surface area contributed by atoms with E-state index in [-0.39, 0.29) is 12.5 Å². The zero-order valence-electron chi connectivity index (χ0n) is 16.2. The standard InChI is InChI=1S/C22H25Cl2NO4/c23-19-4-1-5-20(24)18(19)3-2-13-28-17-8-6-16(7-9-17)21-15-25(12-14-29-21)11-10-22(26)27/h1,4-9,21H,2-3,10-15H2,(H,26,27). The molecular weight excluding hydrogens is 413 g/mol. The third kappa shape index (κ3) is 6.61. The fraction of sp³-hybridized carbons (Fsp3) is 0.409. The van der Waals surface area contributed by atoms with Crippen molar-refractivity contribution in [1.29, 1.82) is 0 Å². The summed E-state index contributed by atoms with van der Waals surface area (Å²) in [4.78, 5) is 12.9. The predicted octanol–water partition coefficient (Wildman–Crippen LogP) is 4.85. The molecule has 0 amide bonds. The lowest BCUT2D eigenvalue weighted by Crippen LogP contribution is -2.39. The van der Waals surface area contributed by atoms with Crippen molar-refractivity contribution in [2.75, 3.05) is 32.8 Å². The summed E-state index contributed by atoms with van der Waals surface area (Å²) in [5, 5.41) is 10.2. The molecule has 1 aliphatic rings. The highest BCUT2D eigenvalue weighted by molar-refractivity contribution is 6.35. The molecule has 1 saturated heterocycles. The molecule has 5 nitrogen and oxygen atoms in total. The number of carbonyl (C=O) groups is 1. The first-order chi connectivity index (χ1) is 14.0. The van der Waals surface area contributed by atoms with Gasteiger partial charge in [-0.05, 0) is 48.2 Å². The van der Waals surface area contributed by atoms with Gasteiger partial charge in [0.1, 0.15) is 5.75 Å². The van der Waals surface area contributed by atoms with Crippen LogP contribution in [0.2, 0.25) is 10.0 Å². The Balaban J connectivity index is 1.45. The van der Waals surface area contributed by atoms with Gasteiger partial charge in [0.25, 0.3) is 0 Å². The van der Waals surface area contributed by atoms with E-state index in [0.29, 0.717) is 36.3 Å². The van der Waals surface area contributed by atoms with Gasteiger partial charge < -0.3 is 14.6 Å². The van der Waals surface area contributed by atoms with Gasteiger partial charge in [-0.25, -0.2) is 0 Å². The molecule has 0 radical (unpaired) electrons. The normalized spacial score (nSPS) is 17.2. The van der Waals surface area contributed by atoms with E-state index < -0.39 is 5.97 Å². The van der Waals surface area contributed by atoms with Gasteiger partial charge in [-0.2, -0.15) is 0 Å². The molecule has 0 saturated carbocycles. The Labute approximate surface area is 181 Å². The fourth-order valence-corrected chi connectivity index (χ4v) is 3.94. The van der Waals surface area contributed by atoms with Crippen LogP contribution in [0.5, 0.6) is 5.75 Å². The third-order valence-electron chi connectivity index (χ3n) is 4.95. The number of ether oxygens (including phenoxy) is 2. The quantitative estimate of drug-likeness (QED) is 0.567. The summed E-state index contributed by atoms with van der Waals surface area (Å²) < 4.78 is 11.7. The van der Waals surface area contributed by atoms with E-state index in [1.807, 2.05) is 42.5 Å². The maximum absolute atomic E-state index is 10.8. The minimum absolute atomic E-state index is 0.0473. The van der Waals surface area contributed by atoms with Crippen LogP contribution in [0.1, 0.15) is 30.1 Å². The van der Waals surface area contributed by atoms with Crippen LogP contribution in [0, 0.1) is 0 Å². The fourth-order valence-electron chi connectivity index (χ4n) is 3.35. The molecule has 7 heteroatoms. The van der Waals surface area contributed by atoms with E-state index in [1.54, 1.807) is 0 Å². The summed E-state index contributed by atoms with van der Waals surface area (Å²) >= 11 is 12.4. The summed E-state index contributed by atoms with van der Waals surface area (Å²) in [6, 6.07) is 13.4. The smallest absolute Gasteiger partial charge is 0.304 e. The molecule has 0 aliphatic carbocycles. The van der Waals surface area contributed by atoms with Crippen molar-refractivity contribution in [3.05, 3.63) is 63.6 Å². The SMILES string of the molecule is O=C(O)CCN1CCOC(c2ccc(OCCCc3c(Cl)cccc3Cl)cc2)C1. The number of aliphatic carboxylic acids is 1. The molecule has 29 heavy (non-hydrogen) atoms. The Hall–Kier alpha value is -1.79. The number of halogens is 2. The molecule has 2 aromatic rings. The van der Waals surface area contributed by atoms with Crippen LogP contribution in [-0.2, 0) is 16.0 Å². The molecule has 1 aliphatic heterocycles. The van der Waals surface area contributed by atoms with Crippen molar-refractivity contribution in [2.24, 2.45) is 0 Å². The maximum atomic E-state index is 10.8. The second-order valence-electron chi connectivity index (χ2n) is 7.03. The Morgan fingerprint density at radius 3 is 2.59 bits per heavy atom. The van der Waals surface area contributed by atoms with Gasteiger partial charge >= 0.3 is 5.97 Å². The van der Waals surface area contributed by atoms with Gasteiger partial charge in [0.2, 0.25) is 0 Å². The third-order valence-corrected chi connectivity index (χ3v) is 5.65. The number of hydrogen-bond donors (Lipinski definition) is 1. The molecule has 2 aromatic carbocycles. The highest BCUT2D eigenvalue weighted by Crippen LogP contribution is 2.26.